The molecule has 2 aliphatic rings. The number of nitrogens with zero attached hydrogens (tertiary/aromatic N) is 2. The van der Waals surface area contributed by atoms with E-state index in [1.54, 1.807) is 12.1 Å². The second-order valence-electron chi connectivity index (χ2n) is 8.57. The summed E-state index contributed by atoms with van der Waals surface area (Å²) in [5.74, 6) is -1.18. The van der Waals surface area contributed by atoms with Gasteiger partial charge in [0.05, 0.1) is 11.4 Å². The van der Waals surface area contributed by atoms with E-state index in [1.807, 2.05) is 36.4 Å². The van der Waals surface area contributed by atoms with Gasteiger partial charge < -0.3 is 15.1 Å². The molecule has 0 atom stereocenters. The zero-order chi connectivity index (χ0) is 22.4. The van der Waals surface area contributed by atoms with Crippen LogP contribution in [-0.4, -0.2) is 46.3 Å². The van der Waals surface area contributed by atoms with Gasteiger partial charge in [-0.2, -0.15) is 0 Å². The van der Waals surface area contributed by atoms with Gasteiger partial charge in [-0.3, -0.25) is 9.52 Å². The fourth-order valence-electron chi connectivity index (χ4n) is 4.46. The summed E-state index contributed by atoms with van der Waals surface area (Å²) < 4.78 is 27.7. The monoisotopic (exact) mass is 456 g/mol. The van der Waals surface area contributed by atoms with E-state index in [4.69, 9.17) is 0 Å². The molecule has 2 saturated heterocycles. The van der Waals surface area contributed by atoms with Crippen molar-refractivity contribution in [1.82, 2.24) is 0 Å². The Hall–Kier alpha value is -2.74. The summed E-state index contributed by atoms with van der Waals surface area (Å²) in [6.45, 7) is 3.95. The molecule has 0 unspecified atom stereocenters. The van der Waals surface area contributed by atoms with Crippen molar-refractivity contribution in [3.8, 4) is 0 Å². The maximum atomic E-state index is 12.6. The van der Waals surface area contributed by atoms with Crippen LogP contribution in [-0.2, 0) is 14.8 Å². The Labute approximate surface area is 190 Å². The Morgan fingerprint density at radius 1 is 0.781 bits per heavy atom. The second kappa shape index (κ2) is 10.3. The first-order valence-corrected chi connectivity index (χ1v) is 13.1. The summed E-state index contributed by atoms with van der Waals surface area (Å²) >= 11 is 0. The van der Waals surface area contributed by atoms with E-state index in [-0.39, 0.29) is 0 Å². The molecule has 0 aliphatic carbocycles. The van der Waals surface area contributed by atoms with Gasteiger partial charge in [0.2, 0.25) is 15.9 Å². The van der Waals surface area contributed by atoms with Crippen molar-refractivity contribution in [1.29, 1.82) is 0 Å². The van der Waals surface area contributed by atoms with E-state index in [9.17, 15) is 13.2 Å². The Bertz CT molecular complexity index is 1010. The number of hydrogen-bond donors (Lipinski definition) is 2. The molecule has 2 aromatic carbocycles. The number of hydrogen-bond acceptors (Lipinski definition) is 5. The van der Waals surface area contributed by atoms with Crippen LogP contribution in [0.1, 0.15) is 38.5 Å². The molecular formula is C24H32N4O3S. The zero-order valence-corrected chi connectivity index (χ0v) is 19.2. The third kappa shape index (κ3) is 5.94. The van der Waals surface area contributed by atoms with Crippen molar-refractivity contribution >= 4 is 38.7 Å². The molecule has 8 heteroatoms. The Morgan fingerprint density at radius 2 is 1.38 bits per heavy atom. The molecule has 2 aromatic rings. The molecule has 0 aromatic heterocycles. The number of rotatable bonds is 7. The van der Waals surface area contributed by atoms with Gasteiger partial charge in [-0.1, -0.05) is 12.1 Å². The van der Waals surface area contributed by atoms with Crippen LogP contribution in [0, 0.1) is 0 Å². The standard InChI is InChI=1S/C24H32N4O3S/c29-24(25-22-9-3-4-10-23(22)28-17-7-2-8-18-28)19-32(30,31)26-20-11-13-21(14-12-20)27-15-5-1-6-16-27/h3-4,9-14,26H,1-2,5-8,15-19H2,(H,25,29). The summed E-state index contributed by atoms with van der Waals surface area (Å²) in [5.41, 5.74) is 3.16. The SMILES string of the molecule is O=C(CS(=O)(=O)Nc1ccc(N2CCCCC2)cc1)Nc1ccccc1N1CCCCC1. The second-order valence-corrected chi connectivity index (χ2v) is 10.3. The van der Waals surface area contributed by atoms with Gasteiger partial charge in [0, 0.05) is 37.6 Å². The summed E-state index contributed by atoms with van der Waals surface area (Å²) in [6, 6.07) is 14.9. The molecule has 2 N–H and O–H groups in total. The molecule has 32 heavy (non-hydrogen) atoms. The number of carbonyl (C=O) groups is 1. The molecule has 2 fully saturated rings. The highest BCUT2D eigenvalue weighted by molar-refractivity contribution is 7.93. The predicted molar refractivity (Wildman–Crippen MR) is 131 cm³/mol. The Balaban J connectivity index is 1.36. The lowest BCUT2D eigenvalue weighted by Crippen LogP contribution is -2.31. The average molecular weight is 457 g/mol. The number of nitrogens with one attached hydrogen (secondary N) is 2. The van der Waals surface area contributed by atoms with Gasteiger partial charge in [-0.25, -0.2) is 8.42 Å². The number of para-hydroxylation sites is 2. The highest BCUT2D eigenvalue weighted by Gasteiger charge is 2.20. The van der Waals surface area contributed by atoms with Crippen molar-refractivity contribution in [3.05, 3.63) is 48.5 Å². The van der Waals surface area contributed by atoms with Gasteiger partial charge in [0.15, 0.2) is 0 Å². The average Bonchev–Trinajstić information content (AvgIpc) is 2.80. The molecule has 0 spiro atoms. The van der Waals surface area contributed by atoms with E-state index in [2.05, 4.69) is 19.8 Å². The van der Waals surface area contributed by atoms with Crippen LogP contribution in [0.25, 0.3) is 0 Å². The normalized spacial score (nSPS) is 17.1. The van der Waals surface area contributed by atoms with E-state index in [0.717, 1.165) is 50.4 Å². The molecule has 172 valence electrons. The minimum atomic E-state index is -3.82. The van der Waals surface area contributed by atoms with Crippen LogP contribution in [0.3, 0.4) is 0 Å². The van der Waals surface area contributed by atoms with E-state index in [0.29, 0.717) is 11.4 Å². The minimum absolute atomic E-state index is 0.465. The fraction of sp³-hybridized carbons (Fsp3) is 0.458. The summed E-state index contributed by atoms with van der Waals surface area (Å²) in [4.78, 5) is 17.1. The lowest BCUT2D eigenvalue weighted by atomic mass is 10.1. The number of anilines is 4. The first-order chi connectivity index (χ1) is 15.5. The molecule has 2 heterocycles. The molecule has 7 nitrogen and oxygen atoms in total. The van der Waals surface area contributed by atoms with Crippen molar-refractivity contribution in [3.63, 3.8) is 0 Å². The summed E-state index contributed by atoms with van der Waals surface area (Å²) in [5, 5.41) is 2.80. The number of carbonyl (C=O) groups excluding carboxylic acids is 1. The maximum absolute atomic E-state index is 12.6. The largest absolute Gasteiger partial charge is 0.372 e. The first-order valence-electron chi connectivity index (χ1n) is 11.5. The van der Waals surface area contributed by atoms with Crippen LogP contribution in [0.2, 0.25) is 0 Å². The smallest absolute Gasteiger partial charge is 0.241 e. The zero-order valence-electron chi connectivity index (χ0n) is 18.4. The fourth-order valence-corrected chi connectivity index (χ4v) is 5.44. The van der Waals surface area contributed by atoms with Crippen molar-refractivity contribution in [2.75, 3.05) is 51.8 Å². The lowest BCUT2D eigenvalue weighted by molar-refractivity contribution is -0.113. The van der Waals surface area contributed by atoms with Crippen molar-refractivity contribution in [2.45, 2.75) is 38.5 Å². The first kappa shape index (κ1) is 22.5. The number of sulfonamides is 1. The molecule has 4 rings (SSSR count). The van der Waals surface area contributed by atoms with E-state index < -0.39 is 21.7 Å². The number of amides is 1. The van der Waals surface area contributed by atoms with Crippen LogP contribution in [0.4, 0.5) is 22.7 Å². The highest BCUT2D eigenvalue weighted by Crippen LogP contribution is 2.28. The van der Waals surface area contributed by atoms with Crippen LogP contribution in [0.15, 0.2) is 48.5 Å². The molecule has 1 amide bonds. The molecule has 0 bridgehead atoms. The van der Waals surface area contributed by atoms with Crippen LogP contribution in [0.5, 0.6) is 0 Å². The molecule has 0 radical (unpaired) electrons. The van der Waals surface area contributed by atoms with E-state index in [1.165, 1.54) is 25.7 Å². The topological polar surface area (TPSA) is 81.8 Å². The van der Waals surface area contributed by atoms with Gasteiger partial charge in [-0.15, -0.1) is 0 Å². The molecule has 2 aliphatic heterocycles. The van der Waals surface area contributed by atoms with Gasteiger partial charge in [0.1, 0.15) is 5.75 Å². The highest BCUT2D eigenvalue weighted by atomic mass is 32.2. The third-order valence-electron chi connectivity index (χ3n) is 6.06. The molecule has 0 saturated carbocycles. The molecular weight excluding hydrogens is 424 g/mol. The minimum Gasteiger partial charge on any atom is -0.372 e. The van der Waals surface area contributed by atoms with Gasteiger partial charge in [-0.05, 0) is 74.9 Å². The number of benzene rings is 2. The predicted octanol–water partition coefficient (Wildman–Crippen LogP) is 4.05. The van der Waals surface area contributed by atoms with Crippen molar-refractivity contribution in [2.24, 2.45) is 0 Å². The Morgan fingerprint density at radius 3 is 2.03 bits per heavy atom. The summed E-state index contributed by atoms with van der Waals surface area (Å²) in [7, 11) is -3.82. The number of piperidine rings is 2. The van der Waals surface area contributed by atoms with Gasteiger partial charge in [0.25, 0.3) is 0 Å². The van der Waals surface area contributed by atoms with Crippen LogP contribution < -0.4 is 19.8 Å². The summed E-state index contributed by atoms with van der Waals surface area (Å²) in [6.07, 6.45) is 7.09. The third-order valence-corrected chi connectivity index (χ3v) is 7.25. The Kier molecular flexibility index (Phi) is 7.19. The maximum Gasteiger partial charge on any atom is 0.241 e. The quantitative estimate of drug-likeness (QED) is 0.657. The van der Waals surface area contributed by atoms with Crippen LogP contribution >= 0.6 is 0 Å². The lowest BCUT2D eigenvalue weighted by Gasteiger charge is -2.30. The van der Waals surface area contributed by atoms with E-state index >= 15 is 0 Å². The van der Waals surface area contributed by atoms with Crippen molar-refractivity contribution < 1.29 is 13.2 Å². The van der Waals surface area contributed by atoms with Gasteiger partial charge >= 0.3 is 0 Å².